The fourth-order valence-corrected chi connectivity index (χ4v) is 2.97. The third-order valence-corrected chi connectivity index (χ3v) is 4.63. The van der Waals surface area contributed by atoms with Crippen molar-refractivity contribution in [3.8, 4) is 11.4 Å². The van der Waals surface area contributed by atoms with E-state index in [1.807, 2.05) is 32.0 Å². The minimum Gasteiger partial charge on any atom is -0.322 e. The number of pyridine rings is 1. The summed E-state index contributed by atoms with van der Waals surface area (Å²) in [4.78, 5) is 12.8. The van der Waals surface area contributed by atoms with Crippen LogP contribution in [-0.4, -0.2) is 20.5 Å². The molecule has 0 aliphatic rings. The summed E-state index contributed by atoms with van der Waals surface area (Å²) in [7, 11) is 0. The number of nitrogens with zero attached hydrogens (tertiary/aromatic N) is 3. The van der Waals surface area contributed by atoms with Crippen molar-refractivity contribution in [2.75, 3.05) is 5.32 Å². The van der Waals surface area contributed by atoms with Crippen molar-refractivity contribution in [2.45, 2.75) is 13.8 Å². The van der Waals surface area contributed by atoms with E-state index in [4.69, 9.17) is 0 Å². The summed E-state index contributed by atoms with van der Waals surface area (Å²) in [6.07, 6.45) is 1.78. The van der Waals surface area contributed by atoms with E-state index in [2.05, 4.69) is 15.5 Å². The Kier molecular flexibility index (Phi) is 4.16. The van der Waals surface area contributed by atoms with Crippen LogP contribution in [0.15, 0.2) is 60.8 Å². The molecule has 0 saturated heterocycles. The van der Waals surface area contributed by atoms with Crippen LogP contribution < -0.4 is 5.32 Å². The average molecular weight is 360 g/mol. The first-order valence-corrected chi connectivity index (χ1v) is 8.52. The summed E-state index contributed by atoms with van der Waals surface area (Å²) >= 11 is 0. The van der Waals surface area contributed by atoms with Gasteiger partial charge in [0.15, 0.2) is 11.5 Å². The number of carbonyl (C=O) groups excluding carboxylic acids is 1. The van der Waals surface area contributed by atoms with Crippen molar-refractivity contribution < 1.29 is 9.18 Å². The third-order valence-electron chi connectivity index (χ3n) is 4.63. The zero-order chi connectivity index (χ0) is 19.0. The Morgan fingerprint density at radius 2 is 1.78 bits per heavy atom. The highest BCUT2D eigenvalue weighted by molar-refractivity contribution is 6.08. The second-order valence-electron chi connectivity index (χ2n) is 6.35. The number of carbonyl (C=O) groups is 1. The normalized spacial score (nSPS) is 10.9. The van der Waals surface area contributed by atoms with Gasteiger partial charge in [-0.25, -0.2) is 4.39 Å². The van der Waals surface area contributed by atoms with E-state index in [9.17, 15) is 9.18 Å². The molecule has 27 heavy (non-hydrogen) atoms. The Hall–Kier alpha value is -3.54. The Labute approximate surface area is 155 Å². The van der Waals surface area contributed by atoms with Gasteiger partial charge in [0.2, 0.25) is 0 Å². The predicted octanol–water partition coefficient (Wildman–Crippen LogP) is 4.40. The van der Waals surface area contributed by atoms with Crippen LogP contribution in [0.1, 0.15) is 21.5 Å². The number of amides is 1. The number of nitrogens with one attached hydrogen (secondary N) is 1. The molecule has 1 N–H and O–H groups in total. The second-order valence-corrected chi connectivity index (χ2v) is 6.35. The van der Waals surface area contributed by atoms with Gasteiger partial charge in [0, 0.05) is 17.4 Å². The van der Waals surface area contributed by atoms with Crippen molar-refractivity contribution in [3.63, 3.8) is 0 Å². The van der Waals surface area contributed by atoms with Crippen molar-refractivity contribution in [1.82, 2.24) is 14.6 Å². The highest BCUT2D eigenvalue weighted by Gasteiger charge is 2.17. The lowest BCUT2D eigenvalue weighted by Gasteiger charge is -2.10. The first-order valence-electron chi connectivity index (χ1n) is 8.52. The monoisotopic (exact) mass is 360 g/mol. The van der Waals surface area contributed by atoms with E-state index in [0.717, 1.165) is 22.4 Å². The Balaban J connectivity index is 1.73. The summed E-state index contributed by atoms with van der Waals surface area (Å²) in [6, 6.07) is 15.3. The van der Waals surface area contributed by atoms with Gasteiger partial charge in [-0.05, 0) is 67.4 Å². The van der Waals surface area contributed by atoms with Gasteiger partial charge in [-0.2, -0.15) is 0 Å². The lowest BCUT2D eigenvalue weighted by atomic mass is 10.1. The molecular formula is C21H17FN4O. The van der Waals surface area contributed by atoms with E-state index in [1.54, 1.807) is 34.9 Å². The van der Waals surface area contributed by atoms with Crippen molar-refractivity contribution in [1.29, 1.82) is 0 Å². The number of rotatable bonds is 3. The van der Waals surface area contributed by atoms with E-state index in [1.165, 1.54) is 12.1 Å². The average Bonchev–Trinajstić information content (AvgIpc) is 3.10. The first-order chi connectivity index (χ1) is 13.0. The molecular weight excluding hydrogens is 343 g/mol. The zero-order valence-corrected chi connectivity index (χ0v) is 14.9. The lowest BCUT2D eigenvalue weighted by molar-refractivity contribution is 0.102. The van der Waals surface area contributed by atoms with Gasteiger partial charge in [-0.1, -0.05) is 12.1 Å². The molecule has 5 nitrogen and oxygen atoms in total. The molecule has 0 unspecified atom stereocenters. The molecule has 0 saturated carbocycles. The molecule has 0 atom stereocenters. The number of hydrogen-bond acceptors (Lipinski definition) is 3. The van der Waals surface area contributed by atoms with Gasteiger partial charge >= 0.3 is 0 Å². The van der Waals surface area contributed by atoms with Crippen LogP contribution in [-0.2, 0) is 0 Å². The molecule has 4 rings (SSSR count). The third kappa shape index (κ3) is 3.06. The molecule has 134 valence electrons. The van der Waals surface area contributed by atoms with Crippen molar-refractivity contribution in [3.05, 3.63) is 83.3 Å². The number of hydrogen-bond donors (Lipinski definition) is 1. The van der Waals surface area contributed by atoms with Crippen LogP contribution in [0.4, 0.5) is 10.1 Å². The quantitative estimate of drug-likeness (QED) is 0.589. The first kappa shape index (κ1) is 16.9. The fraction of sp³-hybridized carbons (Fsp3) is 0.0952. The number of aryl methyl sites for hydroxylation is 1. The SMILES string of the molecule is Cc1cccc(NC(=O)c2cccn3c(-c4ccc(F)cc4)nnc23)c1C. The van der Waals surface area contributed by atoms with Crippen LogP contribution in [0.3, 0.4) is 0 Å². The molecule has 4 aromatic rings. The van der Waals surface area contributed by atoms with E-state index >= 15 is 0 Å². The molecule has 0 radical (unpaired) electrons. The molecule has 2 aromatic heterocycles. The second kappa shape index (κ2) is 6.64. The van der Waals surface area contributed by atoms with Crippen LogP contribution in [0.2, 0.25) is 0 Å². The van der Waals surface area contributed by atoms with Gasteiger partial charge in [-0.3, -0.25) is 9.20 Å². The highest BCUT2D eigenvalue weighted by atomic mass is 19.1. The van der Waals surface area contributed by atoms with Crippen molar-refractivity contribution in [2.24, 2.45) is 0 Å². The largest absolute Gasteiger partial charge is 0.322 e. The molecule has 6 heteroatoms. The molecule has 0 aliphatic carbocycles. The number of aromatic nitrogens is 3. The summed E-state index contributed by atoms with van der Waals surface area (Å²) in [5, 5.41) is 11.3. The molecule has 1 amide bonds. The smallest absolute Gasteiger partial charge is 0.259 e. The maximum Gasteiger partial charge on any atom is 0.259 e. The van der Waals surface area contributed by atoms with E-state index in [0.29, 0.717) is 17.0 Å². The lowest BCUT2D eigenvalue weighted by Crippen LogP contribution is -2.14. The van der Waals surface area contributed by atoms with Gasteiger partial charge in [0.25, 0.3) is 5.91 Å². The van der Waals surface area contributed by atoms with Gasteiger partial charge in [0.1, 0.15) is 5.82 Å². The topological polar surface area (TPSA) is 59.3 Å². The predicted molar refractivity (Wildman–Crippen MR) is 102 cm³/mol. The summed E-state index contributed by atoms with van der Waals surface area (Å²) in [5.74, 6) is -0.0279. The minimum absolute atomic E-state index is 0.257. The highest BCUT2D eigenvalue weighted by Crippen LogP contribution is 2.22. The van der Waals surface area contributed by atoms with Gasteiger partial charge in [0.05, 0.1) is 5.56 Å². The van der Waals surface area contributed by atoms with Gasteiger partial charge in [-0.15, -0.1) is 10.2 Å². The Morgan fingerprint density at radius 3 is 2.56 bits per heavy atom. The molecule has 0 bridgehead atoms. The number of anilines is 1. The Bertz CT molecular complexity index is 1150. The van der Waals surface area contributed by atoms with Crippen LogP contribution in [0.25, 0.3) is 17.0 Å². The standard InChI is InChI=1S/C21H17FN4O/c1-13-5-3-7-18(14(13)2)23-21(27)17-6-4-12-26-19(24-25-20(17)26)15-8-10-16(22)11-9-15/h3-12H,1-2H3,(H,23,27). The molecule has 2 heterocycles. The van der Waals surface area contributed by atoms with Crippen molar-refractivity contribution >= 4 is 17.2 Å². The molecule has 0 spiro atoms. The van der Waals surface area contributed by atoms with Crippen LogP contribution in [0.5, 0.6) is 0 Å². The maximum absolute atomic E-state index is 13.2. The Morgan fingerprint density at radius 1 is 1.00 bits per heavy atom. The summed E-state index contributed by atoms with van der Waals surface area (Å²) < 4.78 is 14.9. The van der Waals surface area contributed by atoms with E-state index < -0.39 is 0 Å². The summed E-state index contributed by atoms with van der Waals surface area (Å²) in [6.45, 7) is 3.97. The number of benzene rings is 2. The molecule has 2 aromatic carbocycles. The fourth-order valence-electron chi connectivity index (χ4n) is 2.97. The number of halogens is 1. The zero-order valence-electron chi connectivity index (χ0n) is 14.9. The van der Waals surface area contributed by atoms with Gasteiger partial charge < -0.3 is 5.32 Å². The molecule has 0 aliphatic heterocycles. The maximum atomic E-state index is 13.2. The number of fused-ring (bicyclic) bond motifs is 1. The summed E-state index contributed by atoms with van der Waals surface area (Å²) in [5.41, 5.74) is 4.47. The van der Waals surface area contributed by atoms with Crippen LogP contribution >= 0.6 is 0 Å². The van der Waals surface area contributed by atoms with Crippen LogP contribution in [0, 0.1) is 19.7 Å². The van der Waals surface area contributed by atoms with E-state index in [-0.39, 0.29) is 11.7 Å². The minimum atomic E-state index is -0.318. The molecule has 0 fully saturated rings.